The normalized spacial score (nSPS) is 10.5. The Morgan fingerprint density at radius 1 is 1.19 bits per heavy atom. The van der Waals surface area contributed by atoms with Crippen molar-refractivity contribution in [2.45, 2.75) is 6.42 Å². The van der Waals surface area contributed by atoms with Crippen molar-refractivity contribution in [3.05, 3.63) is 63.8 Å². The van der Waals surface area contributed by atoms with Crippen LogP contribution in [0.2, 0.25) is 10.0 Å². The summed E-state index contributed by atoms with van der Waals surface area (Å²) in [5.41, 5.74) is 1.97. The standard InChI is InChI=1S/C18H15Cl2N3O2S/c19-13-1-2-16(15(20)9-13)25-10-17(24)22-8-5-14-11-26-18(23-14)12-3-6-21-7-4-12/h1-4,6-7,9,11H,5,8,10H2,(H,22,24). The number of thiazole rings is 1. The summed E-state index contributed by atoms with van der Waals surface area (Å²) in [5, 5.41) is 6.62. The van der Waals surface area contributed by atoms with Gasteiger partial charge in [0, 0.05) is 41.3 Å². The van der Waals surface area contributed by atoms with Crippen molar-refractivity contribution in [1.82, 2.24) is 15.3 Å². The third-order valence-corrected chi connectivity index (χ3v) is 4.91. The molecule has 1 aromatic carbocycles. The Morgan fingerprint density at radius 2 is 2.00 bits per heavy atom. The number of amides is 1. The molecule has 3 aromatic rings. The molecule has 0 radical (unpaired) electrons. The van der Waals surface area contributed by atoms with E-state index in [0.29, 0.717) is 28.8 Å². The lowest BCUT2D eigenvalue weighted by Gasteiger charge is -2.08. The second kappa shape index (κ2) is 8.98. The Bertz CT molecular complexity index is 887. The predicted molar refractivity (Wildman–Crippen MR) is 104 cm³/mol. The minimum Gasteiger partial charge on any atom is -0.482 e. The highest BCUT2D eigenvalue weighted by atomic mass is 35.5. The first-order valence-corrected chi connectivity index (χ1v) is 9.45. The Morgan fingerprint density at radius 3 is 2.77 bits per heavy atom. The van der Waals surface area contributed by atoms with Crippen LogP contribution in [-0.4, -0.2) is 29.0 Å². The topological polar surface area (TPSA) is 64.1 Å². The van der Waals surface area contributed by atoms with Crippen LogP contribution in [0.15, 0.2) is 48.1 Å². The van der Waals surface area contributed by atoms with E-state index in [-0.39, 0.29) is 12.5 Å². The molecular formula is C18H15Cl2N3O2S. The van der Waals surface area contributed by atoms with Gasteiger partial charge in [0.15, 0.2) is 6.61 Å². The molecule has 0 aliphatic carbocycles. The van der Waals surface area contributed by atoms with Crippen molar-refractivity contribution in [2.75, 3.05) is 13.2 Å². The Kier molecular flexibility index (Phi) is 6.44. The maximum Gasteiger partial charge on any atom is 0.257 e. The molecule has 134 valence electrons. The van der Waals surface area contributed by atoms with E-state index in [0.717, 1.165) is 16.3 Å². The number of rotatable bonds is 7. The number of ether oxygens (including phenoxy) is 1. The van der Waals surface area contributed by atoms with Gasteiger partial charge in [0.05, 0.1) is 10.7 Å². The SMILES string of the molecule is O=C(COc1ccc(Cl)cc1Cl)NCCc1csc(-c2ccncc2)n1. The highest BCUT2D eigenvalue weighted by molar-refractivity contribution is 7.13. The van der Waals surface area contributed by atoms with Crippen molar-refractivity contribution < 1.29 is 9.53 Å². The van der Waals surface area contributed by atoms with Crippen molar-refractivity contribution in [1.29, 1.82) is 0 Å². The predicted octanol–water partition coefficient (Wildman–Crippen LogP) is 4.25. The fourth-order valence-corrected chi connectivity index (χ4v) is 3.49. The van der Waals surface area contributed by atoms with Crippen molar-refractivity contribution >= 4 is 40.4 Å². The van der Waals surface area contributed by atoms with E-state index in [2.05, 4.69) is 15.3 Å². The van der Waals surface area contributed by atoms with Crippen LogP contribution in [-0.2, 0) is 11.2 Å². The summed E-state index contributed by atoms with van der Waals surface area (Å²) in [7, 11) is 0. The third-order valence-electron chi connectivity index (χ3n) is 3.44. The molecule has 0 atom stereocenters. The molecule has 0 saturated heterocycles. The minimum atomic E-state index is -0.222. The van der Waals surface area contributed by atoms with Crippen LogP contribution in [0.1, 0.15) is 5.69 Å². The molecular weight excluding hydrogens is 393 g/mol. The van der Waals surface area contributed by atoms with Gasteiger partial charge in [-0.2, -0.15) is 0 Å². The first-order chi connectivity index (χ1) is 12.6. The first-order valence-electron chi connectivity index (χ1n) is 7.81. The average Bonchev–Trinajstić information content (AvgIpc) is 3.11. The zero-order chi connectivity index (χ0) is 18.4. The number of hydrogen-bond acceptors (Lipinski definition) is 5. The Labute approximate surface area is 165 Å². The summed E-state index contributed by atoms with van der Waals surface area (Å²) in [4.78, 5) is 20.4. The molecule has 1 N–H and O–H groups in total. The fraction of sp³-hybridized carbons (Fsp3) is 0.167. The van der Waals surface area contributed by atoms with Gasteiger partial charge < -0.3 is 10.1 Å². The van der Waals surface area contributed by atoms with Crippen LogP contribution in [0.5, 0.6) is 5.75 Å². The number of pyridine rings is 1. The van der Waals surface area contributed by atoms with E-state index < -0.39 is 0 Å². The highest BCUT2D eigenvalue weighted by Gasteiger charge is 2.08. The van der Waals surface area contributed by atoms with Crippen molar-refractivity contribution in [3.8, 4) is 16.3 Å². The molecule has 3 rings (SSSR count). The van der Waals surface area contributed by atoms with E-state index in [1.165, 1.54) is 0 Å². The van der Waals surface area contributed by atoms with Crippen LogP contribution in [0.4, 0.5) is 0 Å². The lowest BCUT2D eigenvalue weighted by atomic mass is 10.3. The van der Waals surface area contributed by atoms with Gasteiger partial charge in [-0.05, 0) is 30.3 Å². The van der Waals surface area contributed by atoms with E-state index in [1.807, 2.05) is 17.5 Å². The van der Waals surface area contributed by atoms with E-state index in [9.17, 15) is 4.79 Å². The van der Waals surface area contributed by atoms with E-state index in [1.54, 1.807) is 41.9 Å². The van der Waals surface area contributed by atoms with Gasteiger partial charge in [0.2, 0.25) is 0 Å². The molecule has 1 amide bonds. The lowest BCUT2D eigenvalue weighted by Crippen LogP contribution is -2.30. The molecule has 0 spiro atoms. The molecule has 0 unspecified atom stereocenters. The number of carbonyl (C=O) groups excluding carboxylic acids is 1. The van der Waals surface area contributed by atoms with Crippen molar-refractivity contribution in [2.24, 2.45) is 0 Å². The molecule has 0 saturated carbocycles. The zero-order valence-electron chi connectivity index (χ0n) is 13.6. The van der Waals surface area contributed by atoms with Crippen LogP contribution < -0.4 is 10.1 Å². The quantitative estimate of drug-likeness (QED) is 0.635. The summed E-state index contributed by atoms with van der Waals surface area (Å²) in [6.07, 6.45) is 4.13. The summed E-state index contributed by atoms with van der Waals surface area (Å²) in [6.45, 7) is 0.372. The monoisotopic (exact) mass is 407 g/mol. The molecule has 0 aliphatic rings. The first kappa shape index (κ1) is 18.6. The van der Waals surface area contributed by atoms with Gasteiger partial charge in [-0.25, -0.2) is 4.98 Å². The van der Waals surface area contributed by atoms with Crippen molar-refractivity contribution in [3.63, 3.8) is 0 Å². The number of aromatic nitrogens is 2. The molecule has 8 heteroatoms. The number of hydrogen-bond donors (Lipinski definition) is 1. The second-order valence-corrected chi connectivity index (χ2v) is 7.04. The van der Waals surface area contributed by atoms with Crippen LogP contribution in [0, 0.1) is 0 Å². The number of benzene rings is 1. The lowest BCUT2D eigenvalue weighted by molar-refractivity contribution is -0.123. The summed E-state index contributed by atoms with van der Waals surface area (Å²) in [5.74, 6) is 0.202. The molecule has 2 heterocycles. The molecule has 0 aliphatic heterocycles. The second-order valence-electron chi connectivity index (χ2n) is 5.34. The van der Waals surface area contributed by atoms with E-state index in [4.69, 9.17) is 27.9 Å². The zero-order valence-corrected chi connectivity index (χ0v) is 15.9. The summed E-state index contributed by atoms with van der Waals surface area (Å²) in [6, 6.07) is 8.70. The highest BCUT2D eigenvalue weighted by Crippen LogP contribution is 2.27. The molecule has 5 nitrogen and oxygen atoms in total. The van der Waals surface area contributed by atoms with Crippen LogP contribution >= 0.6 is 34.5 Å². The number of nitrogens with zero attached hydrogens (tertiary/aromatic N) is 2. The Hall–Kier alpha value is -2.15. The minimum absolute atomic E-state index is 0.110. The van der Waals surface area contributed by atoms with Gasteiger partial charge in [0.1, 0.15) is 10.8 Å². The maximum absolute atomic E-state index is 11.9. The van der Waals surface area contributed by atoms with E-state index >= 15 is 0 Å². The molecule has 0 bridgehead atoms. The van der Waals surface area contributed by atoms with Gasteiger partial charge in [0.25, 0.3) is 5.91 Å². The maximum atomic E-state index is 11.9. The molecule has 2 aromatic heterocycles. The summed E-state index contributed by atoms with van der Waals surface area (Å²) >= 11 is 13.4. The smallest absolute Gasteiger partial charge is 0.257 e. The number of halogens is 2. The summed E-state index contributed by atoms with van der Waals surface area (Å²) < 4.78 is 5.40. The number of carbonyl (C=O) groups is 1. The van der Waals surface area contributed by atoms with Gasteiger partial charge in [-0.15, -0.1) is 11.3 Å². The third kappa shape index (κ3) is 5.17. The number of nitrogens with one attached hydrogen (secondary N) is 1. The van der Waals surface area contributed by atoms with Crippen LogP contribution in [0.25, 0.3) is 10.6 Å². The van der Waals surface area contributed by atoms with Gasteiger partial charge in [-0.1, -0.05) is 23.2 Å². The molecule has 26 heavy (non-hydrogen) atoms. The average molecular weight is 408 g/mol. The largest absolute Gasteiger partial charge is 0.482 e. The molecule has 0 fully saturated rings. The Balaban J connectivity index is 1.43. The van der Waals surface area contributed by atoms with Gasteiger partial charge in [-0.3, -0.25) is 9.78 Å². The fourth-order valence-electron chi connectivity index (χ4n) is 2.17. The van der Waals surface area contributed by atoms with Crippen LogP contribution in [0.3, 0.4) is 0 Å². The van der Waals surface area contributed by atoms with Gasteiger partial charge >= 0.3 is 0 Å².